The summed E-state index contributed by atoms with van der Waals surface area (Å²) in [6.07, 6.45) is 4.85. The van der Waals surface area contributed by atoms with Crippen LogP contribution in [0.4, 0.5) is 11.4 Å². The van der Waals surface area contributed by atoms with Crippen molar-refractivity contribution < 1.29 is 4.92 Å². The molecule has 1 saturated carbocycles. The van der Waals surface area contributed by atoms with Gasteiger partial charge in [0.05, 0.1) is 4.92 Å². The lowest BCUT2D eigenvalue weighted by atomic mass is 10.1. The van der Waals surface area contributed by atoms with Crippen molar-refractivity contribution in [2.45, 2.75) is 45.2 Å². The first-order chi connectivity index (χ1) is 9.11. The highest BCUT2D eigenvalue weighted by atomic mass is 16.6. The van der Waals surface area contributed by atoms with Crippen molar-refractivity contribution in [1.29, 1.82) is 0 Å². The van der Waals surface area contributed by atoms with Crippen LogP contribution >= 0.6 is 0 Å². The molecule has 0 atom stereocenters. The predicted octanol–water partition coefficient (Wildman–Crippen LogP) is 2.94. The maximum absolute atomic E-state index is 10.9. The smallest absolute Gasteiger partial charge is 0.292 e. The molecule has 1 aliphatic rings. The van der Waals surface area contributed by atoms with Gasteiger partial charge in [-0.15, -0.1) is 0 Å². The lowest BCUT2D eigenvalue weighted by Crippen LogP contribution is -2.26. The monoisotopic (exact) mass is 263 g/mol. The zero-order valence-corrected chi connectivity index (χ0v) is 11.3. The topological polar surface area (TPSA) is 72.4 Å². The number of nitro groups is 1. The fourth-order valence-corrected chi connectivity index (χ4v) is 2.27. The van der Waals surface area contributed by atoms with Gasteiger partial charge in [-0.3, -0.25) is 15.0 Å². The normalized spacial score (nSPS) is 14.8. The summed E-state index contributed by atoms with van der Waals surface area (Å²) in [4.78, 5) is 12.9. The molecule has 0 saturated heterocycles. The van der Waals surface area contributed by atoms with Gasteiger partial charge in [0.2, 0.25) is 0 Å². The van der Waals surface area contributed by atoms with Gasteiger partial charge in [0.15, 0.2) is 0 Å². The number of rotatable bonds is 7. The molecule has 1 fully saturated rings. The van der Waals surface area contributed by atoms with Gasteiger partial charge in [-0.05, 0) is 37.4 Å². The van der Waals surface area contributed by atoms with Crippen LogP contribution in [-0.2, 0) is 6.54 Å². The van der Waals surface area contributed by atoms with Gasteiger partial charge in [-0.1, -0.05) is 19.4 Å². The fraction of sp³-hybridized carbons (Fsp3) is 0.571. The van der Waals surface area contributed by atoms with E-state index in [4.69, 9.17) is 5.73 Å². The maximum Gasteiger partial charge on any atom is 0.292 e. The van der Waals surface area contributed by atoms with E-state index < -0.39 is 4.92 Å². The Balaban J connectivity index is 2.08. The number of nitro benzene ring substituents is 1. The Bertz CT molecular complexity index is 458. The molecule has 1 aliphatic carbocycles. The molecule has 1 aromatic carbocycles. The predicted molar refractivity (Wildman–Crippen MR) is 75.8 cm³/mol. The van der Waals surface area contributed by atoms with Crippen LogP contribution in [0.5, 0.6) is 0 Å². The Morgan fingerprint density at radius 3 is 2.79 bits per heavy atom. The second kappa shape index (κ2) is 6.02. The van der Waals surface area contributed by atoms with Crippen LogP contribution in [0.3, 0.4) is 0 Å². The van der Waals surface area contributed by atoms with Gasteiger partial charge >= 0.3 is 0 Å². The summed E-state index contributed by atoms with van der Waals surface area (Å²) in [7, 11) is 0. The molecule has 0 amide bonds. The standard InChI is InChI=1S/C14H21N3O2/c1-2-3-8-16(12-5-6-12)10-11-4-7-13(15)14(9-11)17(18)19/h4,7,9,12H,2-3,5-6,8,10,15H2,1H3. The van der Waals surface area contributed by atoms with E-state index in [2.05, 4.69) is 11.8 Å². The zero-order chi connectivity index (χ0) is 13.8. The molecule has 0 radical (unpaired) electrons. The van der Waals surface area contributed by atoms with Crippen LogP contribution in [-0.4, -0.2) is 22.4 Å². The SMILES string of the molecule is CCCCN(Cc1ccc(N)c([N+](=O)[O-])c1)C1CC1. The molecule has 1 aromatic rings. The van der Waals surface area contributed by atoms with E-state index in [1.807, 2.05) is 6.07 Å². The minimum absolute atomic E-state index is 0.0174. The van der Waals surface area contributed by atoms with Gasteiger partial charge in [-0.25, -0.2) is 0 Å². The van der Waals surface area contributed by atoms with E-state index in [9.17, 15) is 10.1 Å². The number of nitrogen functional groups attached to an aromatic ring is 1. The quantitative estimate of drug-likeness (QED) is 0.466. The third-order valence-corrected chi connectivity index (χ3v) is 3.54. The van der Waals surface area contributed by atoms with Crippen LogP contribution < -0.4 is 5.73 Å². The molecule has 104 valence electrons. The Hall–Kier alpha value is -1.62. The summed E-state index contributed by atoms with van der Waals surface area (Å²) < 4.78 is 0. The highest BCUT2D eigenvalue weighted by Crippen LogP contribution is 2.30. The van der Waals surface area contributed by atoms with Crippen LogP contribution in [0, 0.1) is 10.1 Å². The van der Waals surface area contributed by atoms with Crippen LogP contribution in [0.2, 0.25) is 0 Å². The number of nitrogens with two attached hydrogens (primary N) is 1. The van der Waals surface area contributed by atoms with Crippen molar-refractivity contribution >= 4 is 11.4 Å². The van der Waals surface area contributed by atoms with Crippen molar-refractivity contribution in [3.8, 4) is 0 Å². The summed E-state index contributed by atoms with van der Waals surface area (Å²) >= 11 is 0. The Morgan fingerprint density at radius 2 is 2.21 bits per heavy atom. The number of anilines is 1. The second-order valence-electron chi connectivity index (χ2n) is 5.21. The summed E-state index contributed by atoms with van der Waals surface area (Å²) in [5.41, 5.74) is 6.85. The number of hydrogen-bond acceptors (Lipinski definition) is 4. The van der Waals surface area contributed by atoms with Crippen molar-refractivity contribution in [2.75, 3.05) is 12.3 Å². The average Bonchev–Trinajstić information content (AvgIpc) is 3.20. The third-order valence-electron chi connectivity index (χ3n) is 3.54. The molecule has 5 heteroatoms. The molecule has 0 bridgehead atoms. The lowest BCUT2D eigenvalue weighted by Gasteiger charge is -2.21. The summed E-state index contributed by atoms with van der Waals surface area (Å²) in [6, 6.07) is 5.81. The van der Waals surface area contributed by atoms with E-state index in [1.54, 1.807) is 12.1 Å². The number of unbranched alkanes of at least 4 members (excludes halogenated alkanes) is 1. The highest BCUT2D eigenvalue weighted by molar-refractivity contribution is 5.59. The van der Waals surface area contributed by atoms with Crippen LogP contribution in [0.25, 0.3) is 0 Å². The van der Waals surface area contributed by atoms with E-state index in [0.29, 0.717) is 6.04 Å². The van der Waals surface area contributed by atoms with Gasteiger partial charge in [0.25, 0.3) is 5.69 Å². The molecular formula is C14H21N3O2. The highest BCUT2D eigenvalue weighted by Gasteiger charge is 2.28. The molecular weight excluding hydrogens is 242 g/mol. The fourth-order valence-electron chi connectivity index (χ4n) is 2.27. The van der Waals surface area contributed by atoms with Crippen LogP contribution in [0.15, 0.2) is 18.2 Å². The summed E-state index contributed by atoms with van der Waals surface area (Å²) in [6.45, 7) is 4.03. The Morgan fingerprint density at radius 1 is 1.47 bits per heavy atom. The number of nitrogens with zero attached hydrogens (tertiary/aromatic N) is 2. The van der Waals surface area contributed by atoms with Crippen molar-refractivity contribution in [3.63, 3.8) is 0 Å². The molecule has 2 rings (SSSR count). The van der Waals surface area contributed by atoms with Crippen LogP contribution in [0.1, 0.15) is 38.2 Å². The van der Waals surface area contributed by atoms with E-state index in [-0.39, 0.29) is 11.4 Å². The Kier molecular flexibility index (Phi) is 4.37. The van der Waals surface area contributed by atoms with Gasteiger partial charge in [-0.2, -0.15) is 0 Å². The molecule has 0 aromatic heterocycles. The average molecular weight is 263 g/mol. The van der Waals surface area contributed by atoms with Crippen molar-refractivity contribution in [1.82, 2.24) is 4.90 Å². The summed E-state index contributed by atoms with van der Waals surface area (Å²) in [5.74, 6) is 0. The molecule has 0 unspecified atom stereocenters. The number of benzene rings is 1. The minimum Gasteiger partial charge on any atom is -0.393 e. The molecule has 0 spiro atoms. The van der Waals surface area contributed by atoms with Gasteiger partial charge in [0, 0.05) is 18.7 Å². The minimum atomic E-state index is -0.410. The molecule has 5 nitrogen and oxygen atoms in total. The lowest BCUT2D eigenvalue weighted by molar-refractivity contribution is -0.384. The van der Waals surface area contributed by atoms with Gasteiger partial charge in [0.1, 0.15) is 5.69 Å². The molecule has 19 heavy (non-hydrogen) atoms. The molecule has 0 heterocycles. The van der Waals surface area contributed by atoms with Gasteiger partial charge < -0.3 is 5.73 Å². The summed E-state index contributed by atoms with van der Waals surface area (Å²) in [5, 5.41) is 10.9. The van der Waals surface area contributed by atoms with E-state index in [1.165, 1.54) is 25.7 Å². The molecule has 0 aliphatic heterocycles. The van der Waals surface area contributed by atoms with Crippen molar-refractivity contribution in [2.24, 2.45) is 0 Å². The van der Waals surface area contributed by atoms with Crippen molar-refractivity contribution in [3.05, 3.63) is 33.9 Å². The Labute approximate surface area is 113 Å². The maximum atomic E-state index is 10.9. The number of hydrogen-bond donors (Lipinski definition) is 1. The van der Waals surface area contributed by atoms with E-state index in [0.717, 1.165) is 18.7 Å². The van der Waals surface area contributed by atoms with E-state index >= 15 is 0 Å². The largest absolute Gasteiger partial charge is 0.393 e. The first-order valence-electron chi connectivity index (χ1n) is 6.88. The third kappa shape index (κ3) is 3.67. The zero-order valence-electron chi connectivity index (χ0n) is 11.3. The second-order valence-corrected chi connectivity index (χ2v) is 5.21. The molecule has 2 N–H and O–H groups in total. The first-order valence-corrected chi connectivity index (χ1v) is 6.88. The first kappa shape index (κ1) is 13.8.